The van der Waals surface area contributed by atoms with Gasteiger partial charge in [0, 0.05) is 24.2 Å². The summed E-state index contributed by atoms with van der Waals surface area (Å²) >= 11 is 0. The lowest BCUT2D eigenvalue weighted by molar-refractivity contribution is -0.0755. The molecule has 2 aromatic carbocycles. The second-order valence-electron chi connectivity index (χ2n) is 14.6. The highest BCUT2D eigenvalue weighted by atomic mass is 31.2. The molecule has 246 valence electrons. The molecule has 0 amide bonds. The van der Waals surface area contributed by atoms with Crippen LogP contribution >= 0.6 is 7.60 Å². The summed E-state index contributed by atoms with van der Waals surface area (Å²) in [5, 5.41) is 0. The Morgan fingerprint density at radius 2 is 1.63 bits per heavy atom. The summed E-state index contributed by atoms with van der Waals surface area (Å²) in [5.74, 6) is 3.01. The Labute approximate surface area is 270 Å². The monoisotopic (exact) mass is 647 g/mol. The fourth-order valence-electron chi connectivity index (χ4n) is 9.22. The molecular weight excluding hydrogens is 601 g/mol. The molecule has 0 spiro atoms. The van der Waals surface area contributed by atoms with E-state index in [4.69, 9.17) is 9.26 Å². The summed E-state index contributed by atoms with van der Waals surface area (Å²) < 4.78 is 25.6. The van der Waals surface area contributed by atoms with Crippen molar-refractivity contribution in [3.05, 3.63) is 70.5 Å². The van der Waals surface area contributed by atoms with Crippen LogP contribution < -0.4 is 11.0 Å². The van der Waals surface area contributed by atoms with Gasteiger partial charge in [-0.15, -0.1) is 0 Å². The highest BCUT2D eigenvalue weighted by molar-refractivity contribution is 7.60. The van der Waals surface area contributed by atoms with Crippen LogP contribution in [0, 0.1) is 29.6 Å². The lowest BCUT2D eigenvalue weighted by Gasteiger charge is -2.57. The highest BCUT2D eigenvalue weighted by Crippen LogP contribution is 2.51. The van der Waals surface area contributed by atoms with Crippen molar-refractivity contribution in [1.82, 2.24) is 14.5 Å². The van der Waals surface area contributed by atoms with Gasteiger partial charge in [0.25, 0.3) is 5.56 Å². The van der Waals surface area contributed by atoms with Crippen LogP contribution in [0.2, 0.25) is 0 Å². The Morgan fingerprint density at radius 3 is 2.41 bits per heavy atom. The Bertz CT molecular complexity index is 1690. The predicted octanol–water partition coefficient (Wildman–Crippen LogP) is 6.30. The highest BCUT2D eigenvalue weighted by Gasteiger charge is 2.49. The van der Waals surface area contributed by atoms with Crippen LogP contribution in [0.1, 0.15) is 88.5 Å². The largest absolute Gasteiger partial charge is 0.434 e. The minimum absolute atomic E-state index is 0.137. The summed E-state index contributed by atoms with van der Waals surface area (Å²) in [7, 11) is -4.74. The third kappa shape index (κ3) is 5.89. The number of ether oxygens (including phenoxy) is 1. The quantitative estimate of drug-likeness (QED) is 0.181. The van der Waals surface area contributed by atoms with Gasteiger partial charge in [-0.1, -0.05) is 51.1 Å². The summed E-state index contributed by atoms with van der Waals surface area (Å²) in [4.78, 5) is 44.8. The minimum Gasteiger partial charge on any atom is -0.434 e. The molecule has 3 heterocycles. The number of rotatable bonds is 7. The van der Waals surface area contributed by atoms with Crippen LogP contribution in [0.5, 0.6) is 0 Å². The third-order valence-electron chi connectivity index (χ3n) is 11.9. The fraction of sp³-hybridized carbons (Fsp3) is 0.583. The lowest BCUT2D eigenvalue weighted by Crippen LogP contribution is -2.61. The number of piperidine rings is 2. The third-order valence-corrected chi connectivity index (χ3v) is 13.2. The maximum absolute atomic E-state index is 14.2. The number of hydrogen-bond donors (Lipinski definition) is 1. The first-order chi connectivity index (χ1) is 22.1. The van der Waals surface area contributed by atoms with Gasteiger partial charge in [0.2, 0.25) is 12.2 Å². The molecule has 9 nitrogen and oxygen atoms in total. The molecule has 10 heteroatoms. The molecule has 2 aliphatic heterocycles. The number of fused-ring (bicyclic) bond motifs is 8. The molecule has 5 aliphatic rings. The zero-order valence-electron chi connectivity index (χ0n) is 27.0. The molecule has 5 fully saturated rings. The molecule has 2 saturated heterocycles. The van der Waals surface area contributed by atoms with Crippen LogP contribution in [0.4, 0.5) is 0 Å². The van der Waals surface area contributed by atoms with Crippen molar-refractivity contribution in [3.8, 4) is 0 Å². The van der Waals surface area contributed by atoms with E-state index in [9.17, 15) is 19.0 Å². The van der Waals surface area contributed by atoms with E-state index >= 15 is 0 Å². The number of nitrogens with zero attached hydrogens (tertiary/aromatic N) is 3. The maximum Gasteiger partial charge on any atom is 0.385 e. The van der Waals surface area contributed by atoms with Crippen molar-refractivity contribution in [2.45, 2.75) is 96.3 Å². The van der Waals surface area contributed by atoms with Gasteiger partial charge in [0.15, 0.2) is 0 Å². The number of benzene rings is 2. The SMILES string of the molecule is CC1CC[C@@H]2C[C@H](n3c(=O)c(P(=O)(O)OCOC(=O)c4ccccc4)nc4ccccc43)CC1N2[C@H]1CC(C)C(C)[C@H]2C[C@@H](C1)C2. The van der Waals surface area contributed by atoms with E-state index in [1.54, 1.807) is 47.0 Å². The van der Waals surface area contributed by atoms with Gasteiger partial charge >= 0.3 is 13.6 Å². The number of hydrogen-bond acceptors (Lipinski definition) is 7. The molecule has 46 heavy (non-hydrogen) atoms. The van der Waals surface area contributed by atoms with Gasteiger partial charge in [-0.2, -0.15) is 0 Å². The van der Waals surface area contributed by atoms with E-state index in [1.807, 2.05) is 12.1 Å². The van der Waals surface area contributed by atoms with Gasteiger partial charge < -0.3 is 14.2 Å². The number of esters is 1. The van der Waals surface area contributed by atoms with Crippen molar-refractivity contribution < 1.29 is 23.5 Å². The number of para-hydroxylation sites is 2. The minimum atomic E-state index is -4.74. The Hall–Kier alpha value is -2.84. The average molecular weight is 648 g/mol. The Balaban J connectivity index is 1.17. The standard InChI is InChI=1S/C36H46N3O6P/c1-22-13-14-28-19-30(20-33(22)38(28)29-15-23(2)24(3)27-16-25(17-27)18-29)39-32-12-8-7-11-31(32)37-34(35(39)40)46(42,43)45-21-44-36(41)26-9-5-4-6-10-26/h4-12,22-25,27-30,33H,13-21H2,1-3H3,(H,42,43)/t22?,23?,24?,25-,27+,28-,29+,30+,33?/m1/s1. The summed E-state index contributed by atoms with van der Waals surface area (Å²) in [6.07, 6.45) is 9.17. The first-order valence-corrected chi connectivity index (χ1v) is 18.7. The van der Waals surface area contributed by atoms with Crippen LogP contribution in [-0.4, -0.2) is 50.2 Å². The maximum atomic E-state index is 14.2. The molecule has 4 bridgehead atoms. The zero-order chi connectivity index (χ0) is 32.2. The average Bonchev–Trinajstić information content (AvgIpc) is 3.02. The van der Waals surface area contributed by atoms with Gasteiger partial charge in [0.1, 0.15) is 0 Å². The van der Waals surface area contributed by atoms with Gasteiger partial charge in [-0.05, 0) is 105 Å². The van der Waals surface area contributed by atoms with Crippen molar-refractivity contribution in [2.24, 2.45) is 29.6 Å². The van der Waals surface area contributed by atoms with Crippen LogP contribution in [0.3, 0.4) is 0 Å². The molecule has 5 unspecified atom stereocenters. The van der Waals surface area contributed by atoms with E-state index in [0.29, 0.717) is 41.0 Å². The van der Waals surface area contributed by atoms with Crippen molar-refractivity contribution in [2.75, 3.05) is 6.79 Å². The molecule has 3 aliphatic carbocycles. The second-order valence-corrected chi connectivity index (χ2v) is 16.3. The van der Waals surface area contributed by atoms with E-state index in [-0.39, 0.29) is 11.6 Å². The normalized spacial score (nSPS) is 34.1. The summed E-state index contributed by atoms with van der Waals surface area (Å²) in [5.41, 5.74) is 0.252. The lowest BCUT2D eigenvalue weighted by atomic mass is 9.60. The Kier molecular flexibility index (Phi) is 8.73. The fourth-order valence-corrected chi connectivity index (χ4v) is 10.1. The van der Waals surface area contributed by atoms with E-state index in [0.717, 1.165) is 37.0 Å². The molecule has 0 radical (unpaired) electrons. The van der Waals surface area contributed by atoms with E-state index in [2.05, 4.69) is 30.7 Å². The number of aromatic nitrogens is 2. The number of carbonyl (C=O) groups is 1. The van der Waals surface area contributed by atoms with Crippen LogP contribution in [0.25, 0.3) is 11.0 Å². The number of carbonyl (C=O) groups excluding carboxylic acids is 1. The molecule has 1 aromatic heterocycles. The van der Waals surface area contributed by atoms with Crippen molar-refractivity contribution in [1.29, 1.82) is 0 Å². The van der Waals surface area contributed by atoms with Gasteiger partial charge in [-0.25, -0.2) is 9.78 Å². The first kappa shape index (κ1) is 31.7. The van der Waals surface area contributed by atoms with Crippen molar-refractivity contribution in [3.63, 3.8) is 0 Å². The Morgan fingerprint density at radius 1 is 0.891 bits per heavy atom. The zero-order valence-corrected chi connectivity index (χ0v) is 27.9. The molecular formula is C36H46N3O6P. The predicted molar refractivity (Wildman–Crippen MR) is 177 cm³/mol. The first-order valence-electron chi connectivity index (χ1n) is 17.1. The molecule has 8 atom stereocenters. The van der Waals surface area contributed by atoms with Crippen LogP contribution in [0.15, 0.2) is 59.4 Å². The molecule has 8 rings (SSSR count). The van der Waals surface area contributed by atoms with Gasteiger partial charge in [-0.3, -0.25) is 18.8 Å². The molecule has 1 N–H and O–H groups in total. The molecule has 3 saturated carbocycles. The molecule has 3 aromatic rings. The van der Waals surface area contributed by atoms with Crippen LogP contribution in [-0.2, 0) is 13.8 Å². The topological polar surface area (TPSA) is 111 Å². The van der Waals surface area contributed by atoms with Crippen molar-refractivity contribution >= 4 is 30.0 Å². The van der Waals surface area contributed by atoms with E-state index in [1.165, 1.54) is 32.1 Å². The van der Waals surface area contributed by atoms with Gasteiger partial charge in [0.05, 0.1) is 16.6 Å². The smallest absolute Gasteiger partial charge is 0.385 e. The second kappa shape index (κ2) is 12.6. The van der Waals surface area contributed by atoms with E-state index < -0.39 is 31.4 Å². The summed E-state index contributed by atoms with van der Waals surface area (Å²) in [6, 6.07) is 16.7. The summed E-state index contributed by atoms with van der Waals surface area (Å²) in [6.45, 7) is 6.48.